The van der Waals surface area contributed by atoms with Crippen molar-refractivity contribution in [1.82, 2.24) is 0 Å². The average molecular weight is 246 g/mol. The van der Waals surface area contributed by atoms with E-state index in [0.717, 1.165) is 6.07 Å². The van der Waals surface area contributed by atoms with Gasteiger partial charge in [0.25, 0.3) is 0 Å². The van der Waals surface area contributed by atoms with Crippen LogP contribution in [0.4, 0.5) is 26.3 Å². The minimum atomic E-state index is -5.04. The first-order valence-electron chi connectivity index (χ1n) is 3.60. The first-order chi connectivity index (χ1) is 6.62. The molecule has 0 fully saturated rings. The van der Waals surface area contributed by atoms with Crippen molar-refractivity contribution in [3.8, 4) is 0 Å². The summed E-state index contributed by atoms with van der Waals surface area (Å²) in [6.07, 6.45) is -10.1. The van der Waals surface area contributed by atoms with Crippen LogP contribution in [0.3, 0.4) is 0 Å². The van der Waals surface area contributed by atoms with E-state index in [1.165, 1.54) is 0 Å². The number of hydrogen-bond acceptors (Lipinski definition) is 1. The van der Waals surface area contributed by atoms with Crippen molar-refractivity contribution in [3.05, 3.63) is 29.3 Å². The van der Waals surface area contributed by atoms with Gasteiger partial charge in [-0.25, -0.2) is 0 Å². The van der Waals surface area contributed by atoms with Crippen LogP contribution in [0.5, 0.6) is 0 Å². The molecule has 0 atom stereocenters. The third-order valence-electron chi connectivity index (χ3n) is 1.61. The number of rotatable bonds is 0. The summed E-state index contributed by atoms with van der Waals surface area (Å²) in [5.74, 6) is 0. The highest BCUT2D eigenvalue weighted by Gasteiger charge is 2.42. The van der Waals surface area contributed by atoms with E-state index in [0.29, 0.717) is 12.1 Å². The summed E-state index contributed by atoms with van der Waals surface area (Å²) in [5, 5.41) is 0. The van der Waals surface area contributed by atoms with Crippen LogP contribution in [0.25, 0.3) is 0 Å². The number of benzene rings is 1. The van der Waals surface area contributed by atoms with Crippen LogP contribution in [-0.4, -0.2) is 0 Å². The Bertz CT molecular complexity index is 364. The van der Waals surface area contributed by atoms with Crippen molar-refractivity contribution in [1.29, 1.82) is 0 Å². The summed E-state index contributed by atoms with van der Waals surface area (Å²) >= 11 is 3.56. The van der Waals surface area contributed by atoms with Gasteiger partial charge in [0.15, 0.2) is 0 Å². The van der Waals surface area contributed by atoms with E-state index >= 15 is 0 Å². The maximum absolute atomic E-state index is 12.2. The molecule has 1 aromatic carbocycles. The van der Waals surface area contributed by atoms with Gasteiger partial charge in [-0.15, -0.1) is 12.6 Å². The quantitative estimate of drug-likeness (QED) is 0.519. The lowest BCUT2D eigenvalue weighted by molar-refractivity contribution is -0.162. The molecule has 1 aromatic rings. The lowest BCUT2D eigenvalue weighted by Gasteiger charge is -2.15. The maximum Gasteiger partial charge on any atom is 0.417 e. The van der Waals surface area contributed by atoms with Crippen LogP contribution in [0.15, 0.2) is 23.1 Å². The third-order valence-corrected chi connectivity index (χ3v) is 1.89. The standard InChI is InChI=1S/C8H4F6S/c9-7(10,11)5-2-1-4(15)3-6(5)8(12,13)14/h1-3,15H. The Balaban J connectivity index is 3.41. The molecule has 7 heteroatoms. The van der Waals surface area contributed by atoms with Crippen LogP contribution in [0, 0.1) is 0 Å². The Morgan fingerprint density at radius 2 is 1.27 bits per heavy atom. The average Bonchev–Trinajstić information content (AvgIpc) is 2.00. The van der Waals surface area contributed by atoms with Crippen molar-refractivity contribution < 1.29 is 26.3 Å². The second-order valence-corrected chi connectivity index (χ2v) is 3.24. The highest BCUT2D eigenvalue weighted by Crippen LogP contribution is 2.40. The second kappa shape index (κ2) is 3.62. The van der Waals surface area contributed by atoms with E-state index in [1.54, 1.807) is 0 Å². The molecule has 84 valence electrons. The molecule has 1 rings (SSSR count). The molecule has 0 spiro atoms. The fourth-order valence-electron chi connectivity index (χ4n) is 1.01. The Kier molecular flexibility index (Phi) is 2.95. The summed E-state index contributed by atoms with van der Waals surface area (Å²) in [6.45, 7) is 0. The number of hydrogen-bond donors (Lipinski definition) is 1. The predicted molar refractivity (Wildman–Crippen MR) is 43.7 cm³/mol. The second-order valence-electron chi connectivity index (χ2n) is 2.73. The summed E-state index contributed by atoms with van der Waals surface area (Å²) in [4.78, 5) is -0.171. The molecule has 0 radical (unpaired) electrons. The predicted octanol–water partition coefficient (Wildman–Crippen LogP) is 4.01. The van der Waals surface area contributed by atoms with Crippen LogP contribution < -0.4 is 0 Å². The summed E-state index contributed by atoms with van der Waals surface area (Å²) in [7, 11) is 0. The molecule has 0 aromatic heterocycles. The smallest absolute Gasteiger partial charge is 0.166 e. The fraction of sp³-hybridized carbons (Fsp3) is 0.250. The molecule has 0 nitrogen and oxygen atoms in total. The number of halogens is 6. The fourth-order valence-corrected chi connectivity index (χ4v) is 1.22. The monoisotopic (exact) mass is 246 g/mol. The van der Waals surface area contributed by atoms with Gasteiger partial charge in [-0.3, -0.25) is 0 Å². The first kappa shape index (κ1) is 12.2. The lowest BCUT2D eigenvalue weighted by Crippen LogP contribution is -2.16. The van der Waals surface area contributed by atoms with Gasteiger partial charge in [0, 0.05) is 4.90 Å². The minimum Gasteiger partial charge on any atom is -0.166 e. The van der Waals surface area contributed by atoms with E-state index < -0.39 is 23.5 Å². The van der Waals surface area contributed by atoms with Crippen LogP contribution >= 0.6 is 12.6 Å². The van der Waals surface area contributed by atoms with Gasteiger partial charge >= 0.3 is 12.4 Å². The van der Waals surface area contributed by atoms with Crippen molar-refractivity contribution in [3.63, 3.8) is 0 Å². The zero-order valence-corrected chi connectivity index (χ0v) is 7.84. The summed E-state index contributed by atoms with van der Waals surface area (Å²) < 4.78 is 73.2. The number of thiol groups is 1. The van der Waals surface area contributed by atoms with Gasteiger partial charge in [-0.2, -0.15) is 26.3 Å². The van der Waals surface area contributed by atoms with Crippen molar-refractivity contribution in [2.45, 2.75) is 17.2 Å². The maximum atomic E-state index is 12.2. The van der Waals surface area contributed by atoms with Crippen molar-refractivity contribution >= 4 is 12.6 Å². The normalized spacial score (nSPS) is 13.0. The molecule has 0 aliphatic heterocycles. The van der Waals surface area contributed by atoms with E-state index in [9.17, 15) is 26.3 Å². The van der Waals surface area contributed by atoms with Crippen LogP contribution in [0.1, 0.15) is 11.1 Å². The SMILES string of the molecule is FC(F)(F)c1ccc(S)cc1C(F)(F)F. The topological polar surface area (TPSA) is 0 Å². The molecule has 0 saturated carbocycles. The summed E-state index contributed by atoms with van der Waals surface area (Å²) in [5.41, 5.74) is -3.42. The molecule has 0 saturated heterocycles. The van der Waals surface area contributed by atoms with Gasteiger partial charge in [-0.05, 0) is 18.2 Å². The zero-order chi connectivity index (χ0) is 11.9. The van der Waals surface area contributed by atoms with Crippen LogP contribution in [-0.2, 0) is 12.4 Å². The Morgan fingerprint density at radius 1 is 0.800 bits per heavy atom. The third kappa shape index (κ3) is 2.80. The zero-order valence-electron chi connectivity index (χ0n) is 6.95. The van der Waals surface area contributed by atoms with E-state index in [-0.39, 0.29) is 4.90 Å². The van der Waals surface area contributed by atoms with Gasteiger partial charge in [0.2, 0.25) is 0 Å². The van der Waals surface area contributed by atoms with E-state index in [1.807, 2.05) is 0 Å². The molecule has 15 heavy (non-hydrogen) atoms. The highest BCUT2D eigenvalue weighted by atomic mass is 32.1. The molecule has 0 amide bonds. The molecule has 0 heterocycles. The highest BCUT2D eigenvalue weighted by molar-refractivity contribution is 7.80. The molecular weight excluding hydrogens is 242 g/mol. The molecule has 0 bridgehead atoms. The molecule has 0 unspecified atom stereocenters. The lowest BCUT2D eigenvalue weighted by atomic mass is 10.1. The molecular formula is C8H4F6S. The largest absolute Gasteiger partial charge is 0.417 e. The van der Waals surface area contributed by atoms with Crippen LogP contribution in [0.2, 0.25) is 0 Å². The Morgan fingerprint density at radius 3 is 1.67 bits per heavy atom. The first-order valence-corrected chi connectivity index (χ1v) is 4.04. The molecule has 0 aliphatic carbocycles. The van der Waals surface area contributed by atoms with Gasteiger partial charge in [0.1, 0.15) is 0 Å². The van der Waals surface area contributed by atoms with Gasteiger partial charge < -0.3 is 0 Å². The Hall–Kier alpha value is -0.850. The van der Waals surface area contributed by atoms with Crippen molar-refractivity contribution in [2.75, 3.05) is 0 Å². The van der Waals surface area contributed by atoms with E-state index in [2.05, 4.69) is 12.6 Å². The molecule has 0 aliphatic rings. The number of alkyl halides is 6. The van der Waals surface area contributed by atoms with Gasteiger partial charge in [0.05, 0.1) is 11.1 Å². The van der Waals surface area contributed by atoms with Gasteiger partial charge in [-0.1, -0.05) is 0 Å². The minimum absolute atomic E-state index is 0.171. The van der Waals surface area contributed by atoms with Crippen molar-refractivity contribution in [2.24, 2.45) is 0 Å². The molecule has 0 N–H and O–H groups in total. The Labute approximate surface area is 86.3 Å². The summed E-state index contributed by atoms with van der Waals surface area (Å²) in [6, 6.07) is 1.58. The van der Waals surface area contributed by atoms with E-state index in [4.69, 9.17) is 0 Å².